The van der Waals surface area contributed by atoms with Crippen molar-refractivity contribution >= 4 is 29.4 Å². The molecule has 0 aliphatic carbocycles. The largest absolute Gasteiger partial charge is 0.495 e. The highest BCUT2D eigenvalue weighted by Gasteiger charge is 2.11. The van der Waals surface area contributed by atoms with Crippen molar-refractivity contribution in [3.63, 3.8) is 0 Å². The number of anilines is 1. The van der Waals surface area contributed by atoms with E-state index in [4.69, 9.17) is 21.1 Å². The number of carbonyl (C=O) groups is 1. The van der Waals surface area contributed by atoms with E-state index < -0.39 is 6.03 Å². The van der Waals surface area contributed by atoms with Gasteiger partial charge in [-0.1, -0.05) is 41.9 Å². The second kappa shape index (κ2) is 8.10. The molecule has 0 aliphatic heterocycles. The van der Waals surface area contributed by atoms with Gasteiger partial charge in [-0.25, -0.2) is 4.79 Å². The average Bonchev–Trinajstić information content (AvgIpc) is 2.57. The van der Waals surface area contributed by atoms with Crippen molar-refractivity contribution in [2.75, 3.05) is 19.5 Å². The van der Waals surface area contributed by atoms with E-state index in [0.717, 1.165) is 5.56 Å². The number of rotatable bonds is 5. The minimum absolute atomic E-state index is 0.402. The number of hydrogen-bond acceptors (Lipinski definition) is 3. The van der Waals surface area contributed by atoms with Gasteiger partial charge in [-0.3, -0.25) is 0 Å². The summed E-state index contributed by atoms with van der Waals surface area (Å²) in [4.78, 5) is 12.0. The molecule has 6 heteroatoms. The fraction of sp³-hybridized carbons (Fsp3) is 0.118. The lowest BCUT2D eigenvalue weighted by atomic mass is 10.2. The number of hydrogen-bond donors (Lipinski definition) is 2. The molecule has 0 saturated heterocycles. The number of ether oxygens (including phenoxy) is 2. The Morgan fingerprint density at radius 1 is 1.09 bits per heavy atom. The highest BCUT2D eigenvalue weighted by molar-refractivity contribution is 6.32. The molecule has 0 aromatic heterocycles. The Labute approximate surface area is 139 Å². The van der Waals surface area contributed by atoms with E-state index in [2.05, 4.69) is 10.6 Å². The second-order valence-corrected chi connectivity index (χ2v) is 4.94. The maximum absolute atomic E-state index is 12.0. The first-order valence-corrected chi connectivity index (χ1v) is 7.22. The van der Waals surface area contributed by atoms with E-state index >= 15 is 0 Å². The zero-order valence-electron chi connectivity index (χ0n) is 12.8. The van der Waals surface area contributed by atoms with Crippen LogP contribution in [-0.4, -0.2) is 20.3 Å². The Morgan fingerprint density at radius 3 is 2.43 bits per heavy atom. The summed E-state index contributed by atoms with van der Waals surface area (Å²) < 4.78 is 10.3. The minimum Gasteiger partial charge on any atom is -0.495 e. The van der Waals surface area contributed by atoms with Crippen LogP contribution in [0.5, 0.6) is 11.5 Å². The molecule has 0 saturated carbocycles. The summed E-state index contributed by atoms with van der Waals surface area (Å²) in [5, 5.41) is 5.71. The predicted octanol–water partition coefficient (Wildman–Crippen LogP) is 4.15. The zero-order chi connectivity index (χ0) is 16.7. The third-order valence-corrected chi connectivity index (χ3v) is 3.31. The lowest BCUT2D eigenvalue weighted by Crippen LogP contribution is -2.24. The van der Waals surface area contributed by atoms with E-state index in [9.17, 15) is 4.79 Å². The van der Waals surface area contributed by atoms with Crippen LogP contribution >= 0.6 is 11.6 Å². The number of carbonyl (C=O) groups excluding carboxylic acids is 1. The average molecular weight is 333 g/mol. The van der Waals surface area contributed by atoms with Crippen molar-refractivity contribution in [3.05, 3.63) is 59.3 Å². The van der Waals surface area contributed by atoms with Gasteiger partial charge in [0.05, 0.1) is 24.9 Å². The van der Waals surface area contributed by atoms with Crippen LogP contribution in [-0.2, 0) is 0 Å². The van der Waals surface area contributed by atoms with Gasteiger partial charge in [-0.15, -0.1) is 0 Å². The molecule has 0 heterocycles. The van der Waals surface area contributed by atoms with Crippen LogP contribution in [0.25, 0.3) is 6.08 Å². The minimum atomic E-state index is -0.403. The normalized spacial score (nSPS) is 10.4. The van der Waals surface area contributed by atoms with Crippen LogP contribution in [0.3, 0.4) is 0 Å². The van der Waals surface area contributed by atoms with Gasteiger partial charge < -0.3 is 20.1 Å². The van der Waals surface area contributed by atoms with Crippen LogP contribution in [0.1, 0.15) is 5.56 Å². The standard InChI is InChI=1S/C17H17ClN2O3/c1-22-15-11-14(16(23-2)10-13(15)18)20-17(21)19-9-8-12-6-4-3-5-7-12/h3-11H,1-2H3,(H2,19,20,21)/b9-8+. The van der Waals surface area contributed by atoms with Gasteiger partial charge >= 0.3 is 6.03 Å². The van der Waals surface area contributed by atoms with Gasteiger partial charge in [0.2, 0.25) is 0 Å². The molecule has 120 valence electrons. The highest BCUT2D eigenvalue weighted by atomic mass is 35.5. The molecule has 2 amide bonds. The number of benzene rings is 2. The first kappa shape index (κ1) is 16.7. The SMILES string of the molecule is COc1cc(NC(=O)N/C=C/c2ccccc2)c(OC)cc1Cl. The molecule has 2 aromatic rings. The molecule has 23 heavy (non-hydrogen) atoms. The Hall–Kier alpha value is -2.66. The fourth-order valence-electron chi connectivity index (χ4n) is 1.89. The van der Waals surface area contributed by atoms with Crippen molar-refractivity contribution in [1.82, 2.24) is 5.32 Å². The monoisotopic (exact) mass is 332 g/mol. The third-order valence-electron chi connectivity index (χ3n) is 3.01. The van der Waals surface area contributed by atoms with Crippen molar-refractivity contribution in [2.24, 2.45) is 0 Å². The fourth-order valence-corrected chi connectivity index (χ4v) is 2.13. The summed E-state index contributed by atoms with van der Waals surface area (Å²) in [7, 11) is 3.00. The lowest BCUT2D eigenvalue weighted by Gasteiger charge is -2.12. The maximum Gasteiger partial charge on any atom is 0.323 e. The van der Waals surface area contributed by atoms with Crippen LogP contribution in [0.4, 0.5) is 10.5 Å². The summed E-state index contributed by atoms with van der Waals surface area (Å²) in [6.45, 7) is 0. The summed E-state index contributed by atoms with van der Waals surface area (Å²) in [6.07, 6.45) is 3.35. The van der Waals surface area contributed by atoms with E-state index in [-0.39, 0.29) is 0 Å². The molecule has 0 unspecified atom stereocenters. The molecular weight excluding hydrogens is 316 g/mol. The third kappa shape index (κ3) is 4.66. The highest BCUT2D eigenvalue weighted by Crippen LogP contribution is 2.35. The number of urea groups is 1. The van der Waals surface area contributed by atoms with Crippen molar-refractivity contribution < 1.29 is 14.3 Å². The quantitative estimate of drug-likeness (QED) is 0.864. The first-order chi connectivity index (χ1) is 11.1. The summed E-state index contributed by atoms with van der Waals surface area (Å²) >= 11 is 6.02. The van der Waals surface area contributed by atoms with Gasteiger partial charge in [0.15, 0.2) is 0 Å². The summed E-state index contributed by atoms with van der Waals surface area (Å²) in [6, 6.07) is 12.4. The molecule has 2 rings (SSSR count). The van der Waals surface area contributed by atoms with E-state index in [1.165, 1.54) is 14.2 Å². The first-order valence-electron chi connectivity index (χ1n) is 6.84. The molecule has 0 radical (unpaired) electrons. The predicted molar refractivity (Wildman–Crippen MR) is 92.2 cm³/mol. The van der Waals surface area contributed by atoms with E-state index in [1.807, 2.05) is 30.3 Å². The Balaban J connectivity index is 2.03. The number of halogens is 1. The Bertz CT molecular complexity index is 702. The Morgan fingerprint density at radius 2 is 1.78 bits per heavy atom. The van der Waals surface area contributed by atoms with Gasteiger partial charge in [-0.05, 0) is 11.6 Å². The number of methoxy groups -OCH3 is 2. The van der Waals surface area contributed by atoms with Gasteiger partial charge in [0.1, 0.15) is 11.5 Å². The summed E-state index contributed by atoms with van der Waals surface area (Å²) in [5.41, 5.74) is 1.44. The molecule has 0 fully saturated rings. The second-order valence-electron chi connectivity index (χ2n) is 4.53. The van der Waals surface area contributed by atoms with Crippen LogP contribution in [0.2, 0.25) is 5.02 Å². The van der Waals surface area contributed by atoms with E-state index in [1.54, 1.807) is 24.4 Å². The zero-order valence-corrected chi connectivity index (χ0v) is 13.6. The molecule has 0 aliphatic rings. The molecule has 0 bridgehead atoms. The topological polar surface area (TPSA) is 59.6 Å². The summed E-state index contributed by atoms with van der Waals surface area (Å²) in [5.74, 6) is 0.889. The van der Waals surface area contributed by atoms with Crippen LogP contribution in [0.15, 0.2) is 48.7 Å². The molecule has 0 spiro atoms. The number of amides is 2. The maximum atomic E-state index is 12.0. The van der Waals surface area contributed by atoms with E-state index in [0.29, 0.717) is 22.2 Å². The van der Waals surface area contributed by atoms with Gasteiger partial charge in [0, 0.05) is 18.3 Å². The molecule has 2 N–H and O–H groups in total. The van der Waals surface area contributed by atoms with Crippen molar-refractivity contribution in [2.45, 2.75) is 0 Å². The van der Waals surface area contributed by atoms with Crippen molar-refractivity contribution in [1.29, 1.82) is 0 Å². The van der Waals surface area contributed by atoms with Gasteiger partial charge in [-0.2, -0.15) is 0 Å². The molecule has 0 atom stereocenters. The van der Waals surface area contributed by atoms with Crippen LogP contribution < -0.4 is 20.1 Å². The molecule has 5 nitrogen and oxygen atoms in total. The Kier molecular flexibility index (Phi) is 5.88. The molecule has 2 aromatic carbocycles. The van der Waals surface area contributed by atoms with Gasteiger partial charge in [0.25, 0.3) is 0 Å². The number of nitrogens with one attached hydrogen (secondary N) is 2. The van der Waals surface area contributed by atoms with Crippen molar-refractivity contribution in [3.8, 4) is 11.5 Å². The molecular formula is C17H17ClN2O3. The lowest BCUT2D eigenvalue weighted by molar-refractivity contribution is 0.255. The smallest absolute Gasteiger partial charge is 0.323 e. The van der Waals surface area contributed by atoms with Crippen LogP contribution in [0, 0.1) is 0 Å².